The van der Waals surface area contributed by atoms with Crippen LogP contribution in [0.5, 0.6) is 11.5 Å². The van der Waals surface area contributed by atoms with Crippen molar-refractivity contribution in [1.82, 2.24) is 25.6 Å². The van der Waals surface area contributed by atoms with E-state index in [2.05, 4.69) is 25.6 Å². The molecule has 4 aromatic rings. The van der Waals surface area contributed by atoms with E-state index in [0.29, 0.717) is 48.8 Å². The van der Waals surface area contributed by atoms with Gasteiger partial charge in [-0.05, 0) is 32.9 Å². The van der Waals surface area contributed by atoms with Crippen molar-refractivity contribution in [3.8, 4) is 34.3 Å². The van der Waals surface area contributed by atoms with Crippen LogP contribution in [-0.4, -0.2) is 45.2 Å². The highest BCUT2D eigenvalue weighted by Crippen LogP contribution is 2.36. The number of aromatic nitrogens is 4. The van der Waals surface area contributed by atoms with Gasteiger partial charge in [0.15, 0.2) is 0 Å². The number of nitrogens with two attached hydrogens (primary N) is 1. The van der Waals surface area contributed by atoms with Crippen LogP contribution in [0.1, 0.15) is 84.5 Å². The highest BCUT2D eigenvalue weighted by atomic mass is 16.6. The van der Waals surface area contributed by atoms with Crippen molar-refractivity contribution in [2.45, 2.75) is 80.0 Å². The highest BCUT2D eigenvalue weighted by Gasteiger charge is 2.28. The molecule has 43 heavy (non-hydrogen) atoms. The van der Waals surface area contributed by atoms with Crippen LogP contribution in [0.3, 0.4) is 0 Å². The molecule has 2 aromatic carbocycles. The Bertz CT molecular complexity index is 1530. The average molecular weight is 595 g/mol. The van der Waals surface area contributed by atoms with Crippen molar-refractivity contribution >= 4 is 6.09 Å². The van der Waals surface area contributed by atoms with Crippen molar-refractivity contribution in [2.75, 3.05) is 13.2 Å². The number of nitrogens with zero attached hydrogens (tertiary/aromatic N) is 4. The lowest BCUT2D eigenvalue weighted by atomic mass is 10.1. The first-order valence-corrected chi connectivity index (χ1v) is 13.6. The maximum absolute atomic E-state index is 11.9. The largest absolute Gasteiger partial charge is 0.491 e. The number of amides is 1. The third-order valence-electron chi connectivity index (χ3n) is 6.37. The van der Waals surface area contributed by atoms with Crippen LogP contribution in [0.4, 0.5) is 4.79 Å². The van der Waals surface area contributed by atoms with E-state index in [9.17, 15) is 4.79 Å². The number of ether oxygens (including phenoxy) is 3. The summed E-state index contributed by atoms with van der Waals surface area (Å²) in [5.41, 5.74) is 9.00. The molecule has 4 heterocycles. The van der Waals surface area contributed by atoms with Crippen molar-refractivity contribution in [3.63, 3.8) is 0 Å². The van der Waals surface area contributed by atoms with Gasteiger partial charge in [0.05, 0.1) is 12.1 Å². The lowest BCUT2D eigenvalue weighted by Crippen LogP contribution is -2.35. The van der Waals surface area contributed by atoms with Crippen molar-refractivity contribution in [1.29, 1.82) is 0 Å². The SMILES string of the molecule is C.C.CCc1nc(-c2ccc3c(c2)OCC3N)no1.CCc1nc(-c2ccc3c(c2)OCC3NC(=O)OC(C)(C)C)no1. The first kappa shape index (κ1) is 33.1. The van der Waals surface area contributed by atoms with Gasteiger partial charge in [-0.3, -0.25) is 0 Å². The van der Waals surface area contributed by atoms with Gasteiger partial charge in [-0.1, -0.05) is 63.3 Å². The van der Waals surface area contributed by atoms with Crippen LogP contribution in [0.2, 0.25) is 0 Å². The molecule has 0 bridgehead atoms. The van der Waals surface area contributed by atoms with Crippen LogP contribution in [0.25, 0.3) is 22.8 Å². The molecule has 0 spiro atoms. The zero-order valence-electron chi connectivity index (χ0n) is 23.8. The summed E-state index contributed by atoms with van der Waals surface area (Å²) in [6.45, 7) is 10.3. The van der Waals surface area contributed by atoms with Gasteiger partial charge >= 0.3 is 6.09 Å². The Morgan fingerprint density at radius 2 is 1.40 bits per heavy atom. The Labute approximate surface area is 252 Å². The topological polar surface area (TPSA) is 161 Å². The Morgan fingerprint density at radius 1 is 0.884 bits per heavy atom. The van der Waals surface area contributed by atoms with E-state index in [-0.39, 0.29) is 26.9 Å². The lowest BCUT2D eigenvalue weighted by molar-refractivity contribution is 0.0497. The minimum atomic E-state index is -0.536. The standard InChI is InChI=1S/C17H21N3O4.C12H13N3O2.2CH4/c1-5-14-19-15(20-24-14)10-6-7-11-12(9-22-13(11)8-10)18-16(21)23-17(2,3)4;1-2-11-14-12(15-17-11)7-3-4-8-9(13)6-16-10(8)5-7;;/h6-8,12H,5,9H2,1-4H3,(H,18,21);3-5,9H,2,6,13H2,1H3;2*1H4. The molecule has 2 atom stereocenters. The molecule has 0 fully saturated rings. The first-order chi connectivity index (χ1) is 19.6. The smallest absolute Gasteiger partial charge is 0.408 e. The van der Waals surface area contributed by atoms with Crippen molar-refractivity contribution in [2.24, 2.45) is 5.73 Å². The monoisotopic (exact) mass is 594 g/mol. The van der Waals surface area contributed by atoms with Crippen molar-refractivity contribution in [3.05, 3.63) is 59.3 Å². The molecule has 12 nitrogen and oxygen atoms in total. The number of aryl methyl sites for hydroxylation is 2. The van der Waals surface area contributed by atoms with Gasteiger partial charge in [0, 0.05) is 35.1 Å². The van der Waals surface area contributed by atoms with Gasteiger partial charge in [-0.2, -0.15) is 9.97 Å². The Kier molecular flexibility index (Phi) is 10.5. The third-order valence-corrected chi connectivity index (χ3v) is 6.37. The summed E-state index contributed by atoms with van der Waals surface area (Å²) in [6, 6.07) is 11.2. The Morgan fingerprint density at radius 3 is 1.91 bits per heavy atom. The fourth-order valence-electron chi connectivity index (χ4n) is 4.32. The number of nitrogens with one attached hydrogen (secondary N) is 1. The van der Waals surface area contributed by atoms with Gasteiger partial charge in [-0.25, -0.2) is 4.79 Å². The highest BCUT2D eigenvalue weighted by molar-refractivity contribution is 5.69. The Hall–Kier alpha value is -4.45. The number of rotatable bonds is 5. The molecule has 0 saturated carbocycles. The molecule has 2 aliphatic heterocycles. The minimum absolute atomic E-state index is 0. The molecule has 0 radical (unpaired) electrons. The number of hydrogen-bond donors (Lipinski definition) is 2. The first-order valence-electron chi connectivity index (χ1n) is 13.6. The molecule has 2 unspecified atom stereocenters. The summed E-state index contributed by atoms with van der Waals surface area (Å²) >= 11 is 0. The number of hydrogen-bond acceptors (Lipinski definition) is 11. The van der Waals surface area contributed by atoms with Crippen LogP contribution >= 0.6 is 0 Å². The number of benzene rings is 2. The fraction of sp³-hybridized carbons (Fsp3) is 0.452. The molecule has 0 aliphatic carbocycles. The fourth-order valence-corrected chi connectivity index (χ4v) is 4.32. The summed E-state index contributed by atoms with van der Waals surface area (Å²) in [7, 11) is 0. The van der Waals surface area contributed by atoms with E-state index < -0.39 is 11.7 Å². The average Bonchev–Trinajstić information content (AvgIpc) is 3.75. The van der Waals surface area contributed by atoms with E-state index in [1.807, 2.05) is 71.0 Å². The summed E-state index contributed by atoms with van der Waals surface area (Å²) in [5, 5.41) is 10.7. The van der Waals surface area contributed by atoms with Gasteiger partial charge in [-0.15, -0.1) is 0 Å². The molecule has 2 aromatic heterocycles. The molecule has 3 N–H and O–H groups in total. The lowest BCUT2D eigenvalue weighted by Gasteiger charge is -2.21. The predicted molar refractivity (Wildman–Crippen MR) is 162 cm³/mol. The molecular formula is C31H42N6O6. The number of carbonyl (C=O) groups is 1. The summed E-state index contributed by atoms with van der Waals surface area (Å²) in [5.74, 6) is 3.87. The molecule has 0 saturated heterocycles. The molecule has 1 amide bonds. The maximum atomic E-state index is 11.9. The van der Waals surface area contributed by atoms with Crippen molar-refractivity contribution < 1.29 is 28.1 Å². The summed E-state index contributed by atoms with van der Waals surface area (Å²) in [6.07, 6.45) is 0.967. The van der Waals surface area contributed by atoms with E-state index in [0.717, 1.165) is 34.4 Å². The second kappa shape index (κ2) is 13.7. The molecule has 6 rings (SSSR count). The van der Waals surface area contributed by atoms with Gasteiger partial charge in [0.25, 0.3) is 0 Å². The van der Waals surface area contributed by atoms with Crippen LogP contribution in [0.15, 0.2) is 45.4 Å². The number of carbonyl (C=O) groups excluding carboxylic acids is 1. The van der Waals surface area contributed by atoms with Gasteiger partial charge in [0.2, 0.25) is 23.4 Å². The second-order valence-electron chi connectivity index (χ2n) is 10.7. The molecule has 232 valence electrons. The molecule has 2 aliphatic rings. The summed E-state index contributed by atoms with van der Waals surface area (Å²) < 4.78 is 26.7. The van der Waals surface area contributed by atoms with E-state index >= 15 is 0 Å². The minimum Gasteiger partial charge on any atom is -0.491 e. The van der Waals surface area contributed by atoms with E-state index in [4.69, 9.17) is 29.0 Å². The molecular weight excluding hydrogens is 552 g/mol. The Balaban J connectivity index is 0.000000236. The number of alkyl carbamates (subject to hydrolysis) is 1. The zero-order valence-corrected chi connectivity index (χ0v) is 23.8. The molecule has 12 heteroatoms. The normalized spacial score (nSPS) is 16.2. The van der Waals surface area contributed by atoms with E-state index in [1.165, 1.54) is 0 Å². The second-order valence-corrected chi connectivity index (χ2v) is 10.7. The third kappa shape index (κ3) is 7.69. The van der Waals surface area contributed by atoms with Crippen LogP contribution in [-0.2, 0) is 17.6 Å². The predicted octanol–water partition coefficient (Wildman–Crippen LogP) is 6.22. The maximum Gasteiger partial charge on any atom is 0.408 e. The van der Waals surface area contributed by atoms with Crippen LogP contribution < -0.4 is 20.5 Å². The van der Waals surface area contributed by atoms with Gasteiger partial charge < -0.3 is 34.3 Å². The zero-order chi connectivity index (χ0) is 29.1. The van der Waals surface area contributed by atoms with Crippen LogP contribution in [0, 0.1) is 0 Å². The number of fused-ring (bicyclic) bond motifs is 2. The quantitative estimate of drug-likeness (QED) is 0.270. The van der Waals surface area contributed by atoms with E-state index in [1.54, 1.807) is 0 Å². The van der Waals surface area contributed by atoms with Gasteiger partial charge in [0.1, 0.15) is 30.3 Å². The summed E-state index contributed by atoms with van der Waals surface area (Å²) in [4.78, 5) is 20.5.